The molecule has 1 unspecified atom stereocenters. The van der Waals surface area contributed by atoms with Gasteiger partial charge < -0.3 is 10.1 Å². The van der Waals surface area contributed by atoms with Crippen LogP contribution in [0.4, 0.5) is 4.39 Å². The molecule has 1 aromatic heterocycles. The average molecular weight is 300 g/mol. The Morgan fingerprint density at radius 3 is 2.79 bits per heavy atom. The maximum absolute atomic E-state index is 13.9. The third-order valence-corrected chi connectivity index (χ3v) is 4.11. The third-order valence-electron chi connectivity index (χ3n) is 2.88. The van der Waals surface area contributed by atoms with E-state index in [-0.39, 0.29) is 11.9 Å². The van der Waals surface area contributed by atoms with Crippen LogP contribution in [0.3, 0.4) is 0 Å². The van der Waals surface area contributed by atoms with E-state index in [1.165, 1.54) is 17.4 Å². The van der Waals surface area contributed by atoms with Crippen molar-refractivity contribution in [2.24, 2.45) is 0 Å². The fraction of sp³-hybridized carbons (Fsp3) is 0.286. The van der Waals surface area contributed by atoms with Gasteiger partial charge in [0.1, 0.15) is 11.6 Å². The highest BCUT2D eigenvalue weighted by Gasteiger charge is 2.16. The minimum Gasteiger partial charge on any atom is -0.496 e. The van der Waals surface area contributed by atoms with Gasteiger partial charge in [-0.2, -0.15) is 0 Å². The molecule has 0 aliphatic heterocycles. The fourth-order valence-electron chi connectivity index (χ4n) is 1.92. The zero-order chi connectivity index (χ0) is 13.8. The SMILES string of the molecule is COc1cccc(F)c1C(C)NCc1ccc(Cl)s1. The Kier molecular flexibility index (Phi) is 4.80. The summed E-state index contributed by atoms with van der Waals surface area (Å²) in [5.41, 5.74) is 0.549. The Morgan fingerprint density at radius 1 is 1.37 bits per heavy atom. The predicted octanol–water partition coefficient (Wildman–Crippen LogP) is 4.40. The highest BCUT2D eigenvalue weighted by atomic mass is 35.5. The van der Waals surface area contributed by atoms with Crippen molar-refractivity contribution in [2.75, 3.05) is 7.11 Å². The molecule has 0 fully saturated rings. The minimum absolute atomic E-state index is 0.142. The number of halogens is 2. The van der Waals surface area contributed by atoms with E-state index in [2.05, 4.69) is 5.32 Å². The highest BCUT2D eigenvalue weighted by molar-refractivity contribution is 7.16. The molecular formula is C14H15ClFNOS. The van der Waals surface area contributed by atoms with Crippen LogP contribution in [-0.4, -0.2) is 7.11 Å². The number of thiophene rings is 1. The number of ether oxygens (including phenoxy) is 1. The molecule has 0 aliphatic carbocycles. The lowest BCUT2D eigenvalue weighted by molar-refractivity contribution is 0.393. The summed E-state index contributed by atoms with van der Waals surface area (Å²) in [5.74, 6) is 0.299. The van der Waals surface area contributed by atoms with Crippen LogP contribution in [0, 0.1) is 5.82 Å². The van der Waals surface area contributed by atoms with Crippen LogP contribution < -0.4 is 10.1 Å². The van der Waals surface area contributed by atoms with E-state index in [0.717, 1.165) is 9.21 Å². The van der Waals surface area contributed by atoms with Crippen LogP contribution in [0.25, 0.3) is 0 Å². The normalized spacial score (nSPS) is 12.4. The maximum Gasteiger partial charge on any atom is 0.131 e. The lowest BCUT2D eigenvalue weighted by Gasteiger charge is -2.17. The molecular weight excluding hydrogens is 285 g/mol. The first-order valence-electron chi connectivity index (χ1n) is 5.92. The van der Waals surface area contributed by atoms with Gasteiger partial charge in [-0.3, -0.25) is 0 Å². The Morgan fingerprint density at radius 2 is 2.16 bits per heavy atom. The molecule has 2 rings (SSSR count). The summed E-state index contributed by atoms with van der Waals surface area (Å²) in [6.07, 6.45) is 0. The van der Waals surface area contributed by atoms with E-state index in [0.29, 0.717) is 17.9 Å². The van der Waals surface area contributed by atoms with Gasteiger partial charge in [0.25, 0.3) is 0 Å². The van der Waals surface area contributed by atoms with E-state index >= 15 is 0 Å². The topological polar surface area (TPSA) is 21.3 Å². The number of benzene rings is 1. The minimum atomic E-state index is -0.261. The van der Waals surface area contributed by atoms with Crippen molar-refractivity contribution < 1.29 is 9.13 Å². The average Bonchev–Trinajstić information content (AvgIpc) is 2.81. The van der Waals surface area contributed by atoms with Gasteiger partial charge in [-0.15, -0.1) is 11.3 Å². The Labute approximate surface area is 121 Å². The van der Waals surface area contributed by atoms with Crippen LogP contribution in [0.5, 0.6) is 5.75 Å². The second-order valence-corrected chi connectivity index (χ2v) is 5.96. The van der Waals surface area contributed by atoms with Crippen molar-refractivity contribution in [3.63, 3.8) is 0 Å². The first-order chi connectivity index (χ1) is 9.11. The quantitative estimate of drug-likeness (QED) is 0.883. The zero-order valence-corrected chi connectivity index (χ0v) is 12.3. The first-order valence-corrected chi connectivity index (χ1v) is 7.11. The van der Waals surface area contributed by atoms with Crippen LogP contribution >= 0.6 is 22.9 Å². The van der Waals surface area contributed by atoms with Crippen molar-refractivity contribution in [1.29, 1.82) is 0 Å². The Hall–Kier alpha value is -1.10. The summed E-state index contributed by atoms with van der Waals surface area (Å²) in [5, 5.41) is 3.28. The molecule has 19 heavy (non-hydrogen) atoms. The lowest BCUT2D eigenvalue weighted by atomic mass is 10.1. The van der Waals surface area contributed by atoms with E-state index < -0.39 is 0 Å². The summed E-state index contributed by atoms with van der Waals surface area (Å²) in [6.45, 7) is 2.56. The maximum atomic E-state index is 13.9. The van der Waals surface area contributed by atoms with Crippen LogP contribution in [0.2, 0.25) is 4.34 Å². The highest BCUT2D eigenvalue weighted by Crippen LogP contribution is 2.28. The molecule has 0 amide bonds. The van der Waals surface area contributed by atoms with E-state index in [4.69, 9.17) is 16.3 Å². The van der Waals surface area contributed by atoms with Crippen molar-refractivity contribution >= 4 is 22.9 Å². The molecule has 1 heterocycles. The van der Waals surface area contributed by atoms with Crippen molar-refractivity contribution in [1.82, 2.24) is 5.32 Å². The summed E-state index contributed by atoms with van der Waals surface area (Å²) in [7, 11) is 1.55. The second kappa shape index (κ2) is 6.37. The van der Waals surface area contributed by atoms with Crippen molar-refractivity contribution in [2.45, 2.75) is 19.5 Å². The standard InChI is InChI=1S/C14H15ClFNOS/c1-9(17-8-10-6-7-13(15)19-10)14-11(16)4-3-5-12(14)18-2/h3-7,9,17H,8H2,1-2H3. The van der Waals surface area contributed by atoms with Crippen LogP contribution in [0.15, 0.2) is 30.3 Å². The molecule has 102 valence electrons. The zero-order valence-electron chi connectivity index (χ0n) is 10.7. The Bertz CT molecular complexity index is 558. The summed E-state index contributed by atoms with van der Waals surface area (Å²) >= 11 is 7.39. The molecule has 0 aliphatic rings. The van der Waals surface area contributed by atoms with Gasteiger partial charge >= 0.3 is 0 Å². The van der Waals surface area contributed by atoms with Gasteiger partial charge in [-0.1, -0.05) is 17.7 Å². The molecule has 0 spiro atoms. The monoisotopic (exact) mass is 299 g/mol. The molecule has 0 radical (unpaired) electrons. The van der Waals surface area contributed by atoms with Gasteiger partial charge in [-0.05, 0) is 31.2 Å². The molecule has 0 saturated heterocycles. The molecule has 1 atom stereocenters. The fourth-order valence-corrected chi connectivity index (χ4v) is 2.96. The van der Waals surface area contributed by atoms with Gasteiger partial charge in [0.2, 0.25) is 0 Å². The molecule has 1 N–H and O–H groups in total. The number of rotatable bonds is 5. The van der Waals surface area contributed by atoms with Gasteiger partial charge in [-0.25, -0.2) is 4.39 Å². The Balaban J connectivity index is 2.09. The van der Waals surface area contributed by atoms with Gasteiger partial charge in [0, 0.05) is 23.0 Å². The van der Waals surface area contributed by atoms with Crippen molar-refractivity contribution in [3.8, 4) is 5.75 Å². The predicted molar refractivity (Wildman–Crippen MR) is 77.5 cm³/mol. The lowest BCUT2D eigenvalue weighted by Crippen LogP contribution is -2.19. The third kappa shape index (κ3) is 3.47. The number of nitrogens with one attached hydrogen (secondary N) is 1. The molecule has 5 heteroatoms. The van der Waals surface area contributed by atoms with E-state index in [9.17, 15) is 4.39 Å². The molecule has 2 aromatic rings. The van der Waals surface area contributed by atoms with Crippen molar-refractivity contribution in [3.05, 3.63) is 50.9 Å². The van der Waals surface area contributed by atoms with Gasteiger partial charge in [0.15, 0.2) is 0 Å². The molecule has 0 bridgehead atoms. The van der Waals surface area contributed by atoms with E-state index in [1.54, 1.807) is 19.2 Å². The number of hydrogen-bond acceptors (Lipinski definition) is 3. The largest absolute Gasteiger partial charge is 0.496 e. The summed E-state index contributed by atoms with van der Waals surface area (Å²) in [6, 6.07) is 8.53. The van der Waals surface area contributed by atoms with Crippen LogP contribution in [-0.2, 0) is 6.54 Å². The first kappa shape index (κ1) is 14.3. The van der Waals surface area contributed by atoms with E-state index in [1.807, 2.05) is 19.1 Å². The number of methoxy groups -OCH3 is 1. The summed E-state index contributed by atoms with van der Waals surface area (Å²) < 4.78 is 19.8. The molecule has 2 nitrogen and oxygen atoms in total. The number of hydrogen-bond donors (Lipinski definition) is 1. The smallest absolute Gasteiger partial charge is 0.131 e. The summed E-state index contributed by atoms with van der Waals surface area (Å²) in [4.78, 5) is 1.12. The van der Waals surface area contributed by atoms with Gasteiger partial charge in [0.05, 0.1) is 11.4 Å². The van der Waals surface area contributed by atoms with Crippen LogP contribution in [0.1, 0.15) is 23.4 Å². The molecule has 0 saturated carbocycles. The second-order valence-electron chi connectivity index (χ2n) is 4.16. The molecule has 1 aromatic carbocycles.